The Bertz CT molecular complexity index is 838. The second-order valence-electron chi connectivity index (χ2n) is 7.76. The van der Waals surface area contributed by atoms with E-state index in [0.29, 0.717) is 31.1 Å². The first-order chi connectivity index (χ1) is 12.7. The van der Waals surface area contributed by atoms with Gasteiger partial charge in [0.15, 0.2) is 0 Å². The summed E-state index contributed by atoms with van der Waals surface area (Å²) in [5, 5.41) is 2.92. The highest BCUT2D eigenvalue weighted by Gasteiger charge is 2.33. The molecule has 0 aliphatic carbocycles. The molecule has 7 heteroatoms. The first-order valence-corrected chi connectivity index (χ1v) is 9.03. The molecule has 144 valence electrons. The summed E-state index contributed by atoms with van der Waals surface area (Å²) in [6.45, 7) is 8.19. The van der Waals surface area contributed by atoms with Crippen LogP contribution in [0.5, 0.6) is 0 Å². The lowest BCUT2D eigenvalue weighted by atomic mass is 10.1. The Morgan fingerprint density at radius 3 is 2.78 bits per heavy atom. The van der Waals surface area contributed by atoms with Crippen LogP contribution in [-0.4, -0.2) is 40.6 Å². The van der Waals surface area contributed by atoms with Crippen LogP contribution in [0.3, 0.4) is 0 Å². The van der Waals surface area contributed by atoms with Crippen molar-refractivity contribution >= 4 is 17.7 Å². The molecule has 1 aliphatic heterocycles. The largest absolute Gasteiger partial charge is 0.444 e. The van der Waals surface area contributed by atoms with Crippen molar-refractivity contribution in [2.75, 3.05) is 18.4 Å². The molecule has 1 aromatic heterocycles. The molecule has 7 nitrogen and oxygen atoms in total. The zero-order chi connectivity index (χ0) is 19.6. The van der Waals surface area contributed by atoms with Gasteiger partial charge in [0, 0.05) is 24.3 Å². The number of nitrogens with zero attached hydrogens (tertiary/aromatic N) is 2. The molecular weight excluding hydrogens is 346 g/mol. The third-order valence-corrected chi connectivity index (χ3v) is 4.21. The highest BCUT2D eigenvalue weighted by molar-refractivity contribution is 5.93. The van der Waals surface area contributed by atoms with E-state index in [9.17, 15) is 9.59 Å². The number of likely N-dealkylation sites (tertiary alicyclic amines) is 1. The average molecular weight is 371 g/mol. The van der Waals surface area contributed by atoms with Crippen LogP contribution >= 0.6 is 0 Å². The fourth-order valence-corrected chi connectivity index (χ4v) is 2.93. The molecule has 1 N–H and O–H groups in total. The van der Waals surface area contributed by atoms with Gasteiger partial charge in [0.1, 0.15) is 11.4 Å². The van der Waals surface area contributed by atoms with Crippen LogP contribution < -0.4 is 5.32 Å². The number of aromatic nitrogens is 1. The molecule has 2 heterocycles. The first-order valence-electron chi connectivity index (χ1n) is 9.03. The molecule has 3 rings (SSSR count). The normalized spacial score (nSPS) is 17.0. The maximum Gasteiger partial charge on any atom is 0.410 e. The number of carbonyl (C=O) groups is 2. The number of nitrogens with one attached hydrogen (secondary N) is 1. The number of rotatable bonds is 3. The number of hydrogen-bond donors (Lipinski definition) is 1. The number of carbonyl (C=O) groups excluding carboxylic acids is 2. The van der Waals surface area contributed by atoms with Crippen LogP contribution in [0, 0.1) is 12.8 Å². The standard InChI is InChI=1S/C20H25N3O4/c1-13-11-21-18(26-13)14-6-5-7-16(10-14)22-17(24)15-8-9-23(12-15)19(25)27-20(2,3)4/h5-7,10-11,15H,8-9,12H2,1-4H3,(H,22,24). The second-order valence-corrected chi connectivity index (χ2v) is 7.76. The van der Waals surface area contributed by atoms with E-state index < -0.39 is 5.60 Å². The molecule has 2 aromatic rings. The molecular formula is C20H25N3O4. The Morgan fingerprint density at radius 1 is 1.33 bits per heavy atom. The van der Waals surface area contributed by atoms with E-state index in [1.165, 1.54) is 0 Å². The van der Waals surface area contributed by atoms with Crippen molar-refractivity contribution in [3.63, 3.8) is 0 Å². The number of benzene rings is 1. The van der Waals surface area contributed by atoms with E-state index in [0.717, 1.165) is 11.3 Å². The molecule has 1 saturated heterocycles. The molecule has 1 atom stereocenters. The maximum absolute atomic E-state index is 12.6. The van der Waals surface area contributed by atoms with Crippen LogP contribution in [0.15, 0.2) is 34.9 Å². The van der Waals surface area contributed by atoms with Gasteiger partial charge >= 0.3 is 6.09 Å². The monoisotopic (exact) mass is 371 g/mol. The summed E-state index contributed by atoms with van der Waals surface area (Å²) in [5.41, 5.74) is 0.919. The van der Waals surface area contributed by atoms with Crippen LogP contribution in [0.4, 0.5) is 10.5 Å². The van der Waals surface area contributed by atoms with Gasteiger partial charge in [0.25, 0.3) is 0 Å². The summed E-state index contributed by atoms with van der Waals surface area (Å²) >= 11 is 0. The lowest BCUT2D eigenvalue weighted by Crippen LogP contribution is -2.36. The SMILES string of the molecule is Cc1cnc(-c2cccc(NC(=O)C3CCN(C(=O)OC(C)(C)C)C3)c2)o1. The lowest BCUT2D eigenvalue weighted by molar-refractivity contribution is -0.119. The fraction of sp³-hybridized carbons (Fsp3) is 0.450. The van der Waals surface area contributed by atoms with E-state index in [1.54, 1.807) is 11.1 Å². The minimum atomic E-state index is -0.546. The number of oxazole rings is 1. The van der Waals surface area contributed by atoms with Gasteiger partial charge in [-0.3, -0.25) is 4.79 Å². The van der Waals surface area contributed by atoms with Crippen molar-refractivity contribution in [2.45, 2.75) is 39.7 Å². The summed E-state index contributed by atoms with van der Waals surface area (Å²) in [7, 11) is 0. The van der Waals surface area contributed by atoms with E-state index in [1.807, 2.05) is 52.0 Å². The smallest absolute Gasteiger partial charge is 0.410 e. The van der Waals surface area contributed by atoms with Crippen LogP contribution in [0.1, 0.15) is 33.0 Å². The maximum atomic E-state index is 12.6. The van der Waals surface area contributed by atoms with Crippen molar-refractivity contribution < 1.29 is 18.7 Å². The van der Waals surface area contributed by atoms with Crippen LogP contribution in [-0.2, 0) is 9.53 Å². The molecule has 2 amide bonds. The van der Waals surface area contributed by atoms with Crippen molar-refractivity contribution in [2.24, 2.45) is 5.92 Å². The van der Waals surface area contributed by atoms with E-state index in [-0.39, 0.29) is 17.9 Å². The minimum Gasteiger partial charge on any atom is -0.444 e. The van der Waals surface area contributed by atoms with Gasteiger partial charge in [-0.2, -0.15) is 0 Å². The zero-order valence-electron chi connectivity index (χ0n) is 16.1. The second kappa shape index (κ2) is 7.42. The van der Waals surface area contributed by atoms with Gasteiger partial charge < -0.3 is 19.4 Å². The highest BCUT2D eigenvalue weighted by atomic mass is 16.6. The van der Waals surface area contributed by atoms with Gasteiger partial charge in [-0.25, -0.2) is 9.78 Å². The Balaban J connectivity index is 1.61. The molecule has 0 radical (unpaired) electrons. The lowest BCUT2D eigenvalue weighted by Gasteiger charge is -2.24. The number of hydrogen-bond acceptors (Lipinski definition) is 5. The average Bonchev–Trinajstić information content (AvgIpc) is 3.22. The Hall–Kier alpha value is -2.83. The molecule has 0 bridgehead atoms. The van der Waals surface area contributed by atoms with Crippen molar-refractivity contribution in [1.29, 1.82) is 0 Å². The Labute approximate surface area is 158 Å². The summed E-state index contributed by atoms with van der Waals surface area (Å²) in [4.78, 5) is 30.5. The Kier molecular flexibility index (Phi) is 5.21. The van der Waals surface area contributed by atoms with Gasteiger partial charge in [0.2, 0.25) is 11.8 Å². The predicted octanol–water partition coefficient (Wildman–Crippen LogP) is 3.85. The van der Waals surface area contributed by atoms with Gasteiger partial charge in [-0.15, -0.1) is 0 Å². The molecule has 1 fully saturated rings. The molecule has 0 spiro atoms. The molecule has 27 heavy (non-hydrogen) atoms. The molecule has 1 aromatic carbocycles. The molecule has 1 aliphatic rings. The van der Waals surface area contributed by atoms with Gasteiger partial charge in [-0.1, -0.05) is 6.07 Å². The fourth-order valence-electron chi connectivity index (χ4n) is 2.93. The highest BCUT2D eigenvalue weighted by Crippen LogP contribution is 2.24. The number of anilines is 1. The minimum absolute atomic E-state index is 0.109. The first kappa shape index (κ1) is 18.9. The molecule has 1 unspecified atom stereocenters. The van der Waals surface area contributed by atoms with Crippen molar-refractivity contribution in [3.05, 3.63) is 36.2 Å². The number of aryl methyl sites for hydroxylation is 1. The van der Waals surface area contributed by atoms with Crippen LogP contribution in [0.2, 0.25) is 0 Å². The van der Waals surface area contributed by atoms with Crippen molar-refractivity contribution in [1.82, 2.24) is 9.88 Å². The van der Waals surface area contributed by atoms with Crippen LogP contribution in [0.25, 0.3) is 11.5 Å². The molecule has 0 saturated carbocycles. The third-order valence-electron chi connectivity index (χ3n) is 4.21. The topological polar surface area (TPSA) is 84.7 Å². The number of ether oxygens (including phenoxy) is 1. The Morgan fingerprint density at radius 2 is 2.11 bits per heavy atom. The summed E-state index contributed by atoms with van der Waals surface area (Å²) in [5.74, 6) is 0.875. The number of amides is 2. The van der Waals surface area contributed by atoms with Gasteiger partial charge in [-0.05, 0) is 52.3 Å². The van der Waals surface area contributed by atoms with E-state index >= 15 is 0 Å². The van der Waals surface area contributed by atoms with Crippen molar-refractivity contribution in [3.8, 4) is 11.5 Å². The summed E-state index contributed by atoms with van der Waals surface area (Å²) in [6, 6.07) is 7.36. The predicted molar refractivity (Wildman–Crippen MR) is 101 cm³/mol. The van der Waals surface area contributed by atoms with Gasteiger partial charge in [0.05, 0.1) is 12.1 Å². The summed E-state index contributed by atoms with van der Waals surface area (Å²) in [6.07, 6.45) is 1.90. The summed E-state index contributed by atoms with van der Waals surface area (Å²) < 4.78 is 10.9. The third kappa shape index (κ3) is 4.87. The van der Waals surface area contributed by atoms with E-state index in [2.05, 4.69) is 10.3 Å². The zero-order valence-corrected chi connectivity index (χ0v) is 16.1. The van der Waals surface area contributed by atoms with E-state index in [4.69, 9.17) is 9.15 Å². The quantitative estimate of drug-likeness (QED) is 0.886.